The molecule has 218 valence electrons. The van der Waals surface area contributed by atoms with E-state index in [1.807, 2.05) is 0 Å². The van der Waals surface area contributed by atoms with Crippen LogP contribution in [0.3, 0.4) is 0 Å². The average Bonchev–Trinajstić information content (AvgIpc) is 3.72. The van der Waals surface area contributed by atoms with Crippen molar-refractivity contribution < 1.29 is 32.9 Å². The fourth-order valence-electron chi connectivity index (χ4n) is 5.30. The second-order valence-corrected chi connectivity index (χ2v) is 11.7. The first kappa shape index (κ1) is 27.6. The van der Waals surface area contributed by atoms with E-state index in [1.54, 1.807) is 0 Å². The maximum Gasteiger partial charge on any atom is 0.256 e. The lowest BCUT2D eigenvalue weighted by Crippen LogP contribution is -2.33. The van der Waals surface area contributed by atoms with Crippen molar-refractivity contribution in [3.63, 3.8) is 0 Å². The second-order valence-electron chi connectivity index (χ2n) is 10.2. The summed E-state index contributed by atoms with van der Waals surface area (Å²) in [7, 11) is -4.11. The van der Waals surface area contributed by atoms with Gasteiger partial charge in [-0.05, 0) is 36.6 Å². The molecular weight excluding hydrogens is 561 g/mol. The lowest BCUT2D eigenvalue weighted by atomic mass is 10.1. The maximum absolute atomic E-state index is 13.9. The van der Waals surface area contributed by atoms with Crippen molar-refractivity contribution in [3.05, 3.63) is 47.8 Å². The quantitative estimate of drug-likeness (QED) is 0.180. The Labute approximate surface area is 232 Å². The third-order valence-corrected chi connectivity index (χ3v) is 8.35. The Morgan fingerprint density at radius 1 is 1.17 bits per heavy atom. The van der Waals surface area contributed by atoms with Crippen molar-refractivity contribution >= 4 is 27.0 Å². The Morgan fingerprint density at radius 2 is 1.95 bits per heavy atom. The van der Waals surface area contributed by atoms with E-state index in [1.165, 1.54) is 21.8 Å². The van der Waals surface area contributed by atoms with Gasteiger partial charge in [-0.15, -0.1) is 5.10 Å². The van der Waals surface area contributed by atoms with E-state index < -0.39 is 47.0 Å². The Kier molecular flexibility index (Phi) is 7.16. The molecular formula is C24H28FN9O6S. The van der Waals surface area contributed by atoms with Gasteiger partial charge in [-0.3, -0.25) is 4.57 Å². The van der Waals surface area contributed by atoms with Gasteiger partial charge in [0.15, 0.2) is 23.2 Å². The molecule has 2 fully saturated rings. The van der Waals surface area contributed by atoms with Crippen LogP contribution in [0.5, 0.6) is 0 Å². The molecule has 6 N–H and O–H groups in total. The normalized spacial score (nSPS) is 23.5. The zero-order chi connectivity index (χ0) is 28.9. The molecule has 4 atom stereocenters. The lowest BCUT2D eigenvalue weighted by molar-refractivity contribution is -0.0511. The predicted octanol–water partition coefficient (Wildman–Crippen LogP) is -0.250. The third-order valence-electron chi connectivity index (χ3n) is 7.34. The summed E-state index contributed by atoms with van der Waals surface area (Å²) in [4.78, 5) is 13.4. The Morgan fingerprint density at radius 3 is 2.66 bits per heavy atom. The number of nitrogens with one attached hydrogen (secondary N) is 1. The van der Waals surface area contributed by atoms with E-state index in [2.05, 4.69) is 30.6 Å². The summed E-state index contributed by atoms with van der Waals surface area (Å²) in [6.07, 6.45) is 2.10. The predicted molar refractivity (Wildman–Crippen MR) is 140 cm³/mol. The maximum atomic E-state index is 13.9. The van der Waals surface area contributed by atoms with Crippen molar-refractivity contribution in [2.75, 3.05) is 11.9 Å². The zero-order valence-electron chi connectivity index (χ0n) is 21.6. The SMILES string of the molecule is NS(=O)(=O)c1ccc(F)cc1Cc1cn(-c2nc(NC3CCCC3)c3ncn(C4O[C@H](CO)[C@@H](O)[C@H]4O)c3n2)nn1. The highest BCUT2D eigenvalue weighted by atomic mass is 32.2. The Hall–Kier alpha value is -3.61. The molecule has 15 nitrogen and oxygen atoms in total. The summed E-state index contributed by atoms with van der Waals surface area (Å²) in [6.45, 7) is -0.490. The number of hydrogen-bond donors (Lipinski definition) is 5. The Bertz CT molecular complexity index is 1690. The number of halogens is 1. The summed E-state index contributed by atoms with van der Waals surface area (Å²) in [6, 6.07) is 3.35. The first-order chi connectivity index (χ1) is 19.6. The van der Waals surface area contributed by atoms with Gasteiger partial charge in [-0.25, -0.2) is 22.9 Å². The van der Waals surface area contributed by atoms with Crippen molar-refractivity contribution in [2.45, 2.75) is 67.6 Å². The molecule has 0 amide bonds. The van der Waals surface area contributed by atoms with E-state index in [9.17, 15) is 28.1 Å². The smallest absolute Gasteiger partial charge is 0.256 e. The minimum atomic E-state index is -4.11. The van der Waals surface area contributed by atoms with Gasteiger partial charge < -0.3 is 25.4 Å². The first-order valence-corrected chi connectivity index (χ1v) is 14.5. The molecule has 2 aliphatic rings. The van der Waals surface area contributed by atoms with E-state index in [-0.39, 0.29) is 34.5 Å². The highest BCUT2D eigenvalue weighted by Crippen LogP contribution is 2.33. The summed E-state index contributed by atoms with van der Waals surface area (Å²) in [5.74, 6) is -0.133. The van der Waals surface area contributed by atoms with Gasteiger partial charge in [0.2, 0.25) is 10.0 Å². The van der Waals surface area contributed by atoms with E-state index in [4.69, 9.17) is 9.88 Å². The number of aliphatic hydroxyl groups excluding tert-OH is 3. The molecule has 3 aromatic heterocycles. The van der Waals surface area contributed by atoms with Crippen molar-refractivity contribution in [1.29, 1.82) is 0 Å². The largest absolute Gasteiger partial charge is 0.394 e. The van der Waals surface area contributed by atoms with Crippen LogP contribution in [0.25, 0.3) is 17.1 Å². The van der Waals surface area contributed by atoms with E-state index in [0.717, 1.165) is 43.9 Å². The number of sulfonamides is 1. The summed E-state index contributed by atoms with van der Waals surface area (Å²) in [5, 5.41) is 47.3. The van der Waals surface area contributed by atoms with Crippen LogP contribution in [0.15, 0.2) is 35.6 Å². The van der Waals surface area contributed by atoms with Gasteiger partial charge in [-0.1, -0.05) is 18.1 Å². The van der Waals surface area contributed by atoms with Crippen molar-refractivity contribution in [3.8, 4) is 5.95 Å². The van der Waals surface area contributed by atoms with Crippen LogP contribution in [0.4, 0.5) is 10.2 Å². The molecule has 1 aliphatic carbocycles. The molecule has 4 heterocycles. The number of imidazole rings is 1. The average molecular weight is 590 g/mol. The number of aromatic nitrogens is 7. The number of aliphatic hydroxyl groups is 3. The van der Waals surface area contributed by atoms with Crippen LogP contribution in [0, 0.1) is 5.82 Å². The van der Waals surface area contributed by atoms with Crippen LogP contribution in [0.2, 0.25) is 0 Å². The van der Waals surface area contributed by atoms with Gasteiger partial charge in [0, 0.05) is 12.5 Å². The molecule has 17 heteroatoms. The molecule has 1 aliphatic heterocycles. The summed E-state index contributed by atoms with van der Waals surface area (Å²) in [5.41, 5.74) is 1.08. The molecule has 1 aromatic carbocycles. The fourth-order valence-corrected chi connectivity index (χ4v) is 6.06. The number of nitrogens with zero attached hydrogens (tertiary/aromatic N) is 7. The molecule has 4 aromatic rings. The molecule has 1 unspecified atom stereocenters. The van der Waals surface area contributed by atoms with E-state index >= 15 is 0 Å². The van der Waals surface area contributed by atoms with Crippen LogP contribution in [0.1, 0.15) is 43.2 Å². The Balaban J connectivity index is 1.39. The minimum Gasteiger partial charge on any atom is -0.394 e. The molecule has 1 saturated carbocycles. The number of ether oxygens (including phenoxy) is 1. The number of hydrogen-bond acceptors (Lipinski definition) is 12. The second kappa shape index (κ2) is 10.7. The molecule has 6 rings (SSSR count). The zero-order valence-corrected chi connectivity index (χ0v) is 22.4. The number of nitrogens with two attached hydrogens (primary N) is 1. The van der Waals surface area contributed by atoms with Crippen molar-refractivity contribution in [1.82, 2.24) is 34.5 Å². The highest BCUT2D eigenvalue weighted by Gasteiger charge is 2.44. The van der Waals surface area contributed by atoms with Crippen LogP contribution in [-0.2, 0) is 21.2 Å². The molecule has 0 radical (unpaired) electrons. The van der Waals surface area contributed by atoms with Gasteiger partial charge in [0.05, 0.1) is 29.7 Å². The highest BCUT2D eigenvalue weighted by molar-refractivity contribution is 7.89. The lowest BCUT2D eigenvalue weighted by Gasteiger charge is -2.17. The summed E-state index contributed by atoms with van der Waals surface area (Å²) >= 11 is 0. The van der Waals surface area contributed by atoms with Gasteiger partial charge in [0.1, 0.15) is 24.1 Å². The van der Waals surface area contributed by atoms with Crippen LogP contribution in [-0.4, -0.2) is 89.2 Å². The standard InChI is InChI=1S/C24H28FN9O6S/c25-13-5-6-17(41(26,38)39)12(7-13)8-15-9-34(32-31-15)24-29-21(28-14-3-1-2-4-14)18-22(30-24)33(11-27-18)23-20(37)19(36)16(10-35)40-23/h5-7,9,11,14,16,19-20,23,35-37H,1-4,8,10H2,(H2,26,38,39)(H,28,29,30)/t16-,19-,20-,23?/m1/s1. The van der Waals surface area contributed by atoms with E-state index in [0.29, 0.717) is 17.0 Å². The minimum absolute atomic E-state index is 0.0798. The first-order valence-electron chi connectivity index (χ1n) is 13.0. The topological polar surface area (TPSA) is 216 Å². The van der Waals surface area contributed by atoms with Crippen LogP contribution >= 0.6 is 0 Å². The molecule has 1 saturated heterocycles. The number of benzene rings is 1. The molecule has 0 spiro atoms. The monoisotopic (exact) mass is 589 g/mol. The van der Waals surface area contributed by atoms with Gasteiger partial charge >= 0.3 is 0 Å². The number of fused-ring (bicyclic) bond motifs is 1. The van der Waals surface area contributed by atoms with Gasteiger partial charge in [0.25, 0.3) is 5.95 Å². The van der Waals surface area contributed by atoms with Crippen LogP contribution < -0.4 is 10.5 Å². The van der Waals surface area contributed by atoms with Crippen molar-refractivity contribution in [2.24, 2.45) is 5.14 Å². The van der Waals surface area contributed by atoms with Gasteiger partial charge in [-0.2, -0.15) is 14.6 Å². The number of rotatable bonds is 8. The summed E-state index contributed by atoms with van der Waals surface area (Å²) < 4.78 is 46.4. The molecule has 0 bridgehead atoms. The number of anilines is 1. The number of primary sulfonamides is 1. The third kappa shape index (κ3) is 5.27. The molecule has 41 heavy (non-hydrogen) atoms. The fraction of sp³-hybridized carbons (Fsp3) is 0.458.